The third-order valence-corrected chi connectivity index (χ3v) is 5.90. The molecule has 2 nitrogen and oxygen atoms in total. The fourth-order valence-corrected chi connectivity index (χ4v) is 3.64. The number of carbonyl (C=O) groups is 1. The zero-order valence-electron chi connectivity index (χ0n) is 18.9. The minimum absolute atomic E-state index is 0.426. The molecular formula is C25H42O2. The van der Waals surface area contributed by atoms with E-state index in [1.165, 1.54) is 42.4 Å². The molecule has 0 aliphatic rings. The number of carboxylic acids is 1. The van der Waals surface area contributed by atoms with Gasteiger partial charge in [-0.3, -0.25) is 4.79 Å². The van der Waals surface area contributed by atoms with Gasteiger partial charge in [0.1, 0.15) is 0 Å². The van der Waals surface area contributed by atoms with Crippen LogP contribution in [0.1, 0.15) is 102 Å². The summed E-state index contributed by atoms with van der Waals surface area (Å²) >= 11 is 0. The first-order chi connectivity index (χ1) is 12.4. The van der Waals surface area contributed by atoms with Crippen LogP contribution in [0.4, 0.5) is 0 Å². The van der Waals surface area contributed by atoms with Crippen LogP contribution in [0.15, 0.2) is 12.1 Å². The summed E-state index contributed by atoms with van der Waals surface area (Å²) in [4.78, 5) is 11.2. The summed E-state index contributed by atoms with van der Waals surface area (Å²) in [6.45, 7) is 15.1. The molecule has 1 aromatic carbocycles. The fraction of sp³-hybridized carbons (Fsp3) is 0.720. The quantitative estimate of drug-likeness (QED) is 0.413. The number of carboxylic acid groups (broad SMARTS) is 1. The zero-order chi connectivity index (χ0) is 20.7. The van der Waals surface area contributed by atoms with Crippen LogP contribution in [-0.4, -0.2) is 11.1 Å². The molecule has 0 fully saturated rings. The van der Waals surface area contributed by atoms with Crippen LogP contribution >= 0.6 is 0 Å². The van der Waals surface area contributed by atoms with Gasteiger partial charge in [-0.1, -0.05) is 52.2 Å². The van der Waals surface area contributed by atoms with E-state index in [9.17, 15) is 9.90 Å². The topological polar surface area (TPSA) is 37.3 Å². The monoisotopic (exact) mass is 374 g/mol. The van der Waals surface area contributed by atoms with E-state index >= 15 is 0 Å². The number of hydrogen-bond donors (Lipinski definition) is 1. The van der Waals surface area contributed by atoms with Gasteiger partial charge in [0.15, 0.2) is 0 Å². The van der Waals surface area contributed by atoms with Gasteiger partial charge < -0.3 is 5.11 Å². The summed E-state index contributed by atoms with van der Waals surface area (Å²) in [7, 11) is 0. The number of unbranched alkanes of at least 4 members (excludes halogenated alkanes) is 3. The van der Waals surface area contributed by atoms with Gasteiger partial charge in [-0.2, -0.15) is 0 Å². The summed E-state index contributed by atoms with van der Waals surface area (Å²) in [6.07, 6.45) is 10.1. The lowest BCUT2D eigenvalue weighted by Crippen LogP contribution is -2.23. The Morgan fingerprint density at radius 1 is 0.852 bits per heavy atom. The first kappa shape index (κ1) is 23.7. The number of aliphatic carboxylic acids is 1. The average Bonchev–Trinajstić information content (AvgIpc) is 2.55. The standard InChI is InChI=1S/C25H42O2/c1-19-15-16-21(13-10-12-17-24(3,4)5)22(20(19)2)14-9-8-11-18-25(6,7)23(26)27/h15-16H,8-14,17-18H2,1-7H3,(H,26,27). The Bertz CT molecular complexity index is 605. The molecule has 27 heavy (non-hydrogen) atoms. The van der Waals surface area contributed by atoms with Gasteiger partial charge in [0.05, 0.1) is 5.41 Å². The van der Waals surface area contributed by atoms with Crippen molar-refractivity contribution in [1.29, 1.82) is 0 Å². The van der Waals surface area contributed by atoms with Gasteiger partial charge in [-0.05, 0) is 93.9 Å². The number of rotatable bonds is 11. The van der Waals surface area contributed by atoms with Crippen LogP contribution < -0.4 is 0 Å². The van der Waals surface area contributed by atoms with E-state index in [-0.39, 0.29) is 0 Å². The SMILES string of the molecule is Cc1ccc(CCCCC(C)(C)C)c(CCCCCC(C)(C)C(=O)O)c1C. The zero-order valence-corrected chi connectivity index (χ0v) is 18.9. The van der Waals surface area contributed by atoms with E-state index in [0.29, 0.717) is 5.41 Å². The Morgan fingerprint density at radius 2 is 1.44 bits per heavy atom. The van der Waals surface area contributed by atoms with Crippen molar-refractivity contribution in [3.8, 4) is 0 Å². The largest absolute Gasteiger partial charge is 0.481 e. The molecule has 0 aliphatic carbocycles. The Kier molecular flexibility index (Phi) is 9.05. The molecule has 0 amide bonds. The van der Waals surface area contributed by atoms with E-state index < -0.39 is 11.4 Å². The van der Waals surface area contributed by atoms with Crippen molar-refractivity contribution in [1.82, 2.24) is 0 Å². The van der Waals surface area contributed by atoms with Crippen molar-refractivity contribution < 1.29 is 9.90 Å². The average molecular weight is 375 g/mol. The molecule has 0 heterocycles. The second kappa shape index (κ2) is 10.3. The highest BCUT2D eigenvalue weighted by molar-refractivity contribution is 5.73. The molecule has 0 aliphatic heterocycles. The number of hydrogen-bond acceptors (Lipinski definition) is 1. The molecule has 0 unspecified atom stereocenters. The van der Waals surface area contributed by atoms with Gasteiger partial charge in [0.25, 0.3) is 0 Å². The minimum atomic E-state index is -0.686. The number of aryl methyl sites for hydroxylation is 2. The lowest BCUT2D eigenvalue weighted by molar-refractivity contribution is -0.147. The minimum Gasteiger partial charge on any atom is -0.481 e. The Morgan fingerprint density at radius 3 is 2.04 bits per heavy atom. The summed E-state index contributed by atoms with van der Waals surface area (Å²) in [5.74, 6) is -0.686. The van der Waals surface area contributed by atoms with Crippen LogP contribution in [0.3, 0.4) is 0 Å². The van der Waals surface area contributed by atoms with E-state index in [4.69, 9.17) is 0 Å². The second-order valence-corrected chi connectivity index (χ2v) is 10.2. The molecule has 0 atom stereocenters. The van der Waals surface area contributed by atoms with Crippen molar-refractivity contribution in [3.63, 3.8) is 0 Å². The molecule has 1 aromatic rings. The summed E-state index contributed by atoms with van der Waals surface area (Å²) < 4.78 is 0. The van der Waals surface area contributed by atoms with Crippen LogP contribution in [0.5, 0.6) is 0 Å². The molecule has 0 saturated carbocycles. The van der Waals surface area contributed by atoms with Crippen molar-refractivity contribution in [2.24, 2.45) is 10.8 Å². The normalized spacial score (nSPS) is 12.4. The van der Waals surface area contributed by atoms with E-state index in [2.05, 4.69) is 46.8 Å². The van der Waals surface area contributed by atoms with Crippen molar-refractivity contribution >= 4 is 5.97 Å². The third kappa shape index (κ3) is 8.49. The lowest BCUT2D eigenvalue weighted by atomic mass is 9.86. The van der Waals surface area contributed by atoms with Gasteiger partial charge in [-0.15, -0.1) is 0 Å². The van der Waals surface area contributed by atoms with Crippen molar-refractivity contribution in [3.05, 3.63) is 34.4 Å². The van der Waals surface area contributed by atoms with E-state index in [1.54, 1.807) is 5.56 Å². The summed E-state index contributed by atoms with van der Waals surface area (Å²) in [6, 6.07) is 4.61. The highest BCUT2D eigenvalue weighted by atomic mass is 16.4. The van der Waals surface area contributed by atoms with Crippen molar-refractivity contribution in [2.75, 3.05) is 0 Å². The Labute approximate surface area is 167 Å². The second-order valence-electron chi connectivity index (χ2n) is 10.2. The highest BCUT2D eigenvalue weighted by Gasteiger charge is 2.25. The molecule has 2 heteroatoms. The predicted molar refractivity (Wildman–Crippen MR) is 117 cm³/mol. The fourth-order valence-electron chi connectivity index (χ4n) is 3.64. The van der Waals surface area contributed by atoms with E-state index in [1.807, 2.05) is 13.8 Å². The molecule has 1 rings (SSSR count). The number of benzene rings is 1. The lowest BCUT2D eigenvalue weighted by Gasteiger charge is -2.19. The van der Waals surface area contributed by atoms with Crippen LogP contribution in [0.25, 0.3) is 0 Å². The van der Waals surface area contributed by atoms with Gasteiger partial charge in [0, 0.05) is 0 Å². The third-order valence-electron chi connectivity index (χ3n) is 5.90. The summed E-state index contributed by atoms with van der Waals surface area (Å²) in [5, 5.41) is 9.23. The molecule has 0 spiro atoms. The van der Waals surface area contributed by atoms with Crippen LogP contribution in [-0.2, 0) is 17.6 Å². The molecule has 154 valence electrons. The van der Waals surface area contributed by atoms with Gasteiger partial charge in [0.2, 0.25) is 0 Å². The maximum atomic E-state index is 11.2. The van der Waals surface area contributed by atoms with Crippen LogP contribution in [0, 0.1) is 24.7 Å². The van der Waals surface area contributed by atoms with E-state index in [0.717, 1.165) is 32.1 Å². The summed E-state index contributed by atoms with van der Waals surface area (Å²) in [5.41, 5.74) is 5.73. The first-order valence-electron chi connectivity index (χ1n) is 10.8. The molecule has 0 saturated heterocycles. The predicted octanol–water partition coefficient (Wildman–Crippen LogP) is 7.28. The van der Waals surface area contributed by atoms with Crippen LogP contribution in [0.2, 0.25) is 0 Å². The molecule has 0 radical (unpaired) electrons. The first-order valence-corrected chi connectivity index (χ1v) is 10.8. The maximum Gasteiger partial charge on any atom is 0.309 e. The van der Waals surface area contributed by atoms with Gasteiger partial charge in [-0.25, -0.2) is 0 Å². The molecular weight excluding hydrogens is 332 g/mol. The maximum absolute atomic E-state index is 11.2. The molecule has 0 bridgehead atoms. The highest BCUT2D eigenvalue weighted by Crippen LogP contribution is 2.27. The molecule has 0 aromatic heterocycles. The Hall–Kier alpha value is -1.31. The van der Waals surface area contributed by atoms with Crippen molar-refractivity contribution in [2.45, 2.75) is 106 Å². The Balaban J connectivity index is 2.57. The van der Waals surface area contributed by atoms with Gasteiger partial charge >= 0.3 is 5.97 Å². The molecule has 1 N–H and O–H groups in total. The smallest absolute Gasteiger partial charge is 0.309 e.